The van der Waals surface area contributed by atoms with E-state index >= 15 is 0 Å². The Morgan fingerprint density at radius 3 is 1.91 bits per heavy atom. The van der Waals surface area contributed by atoms with Crippen molar-refractivity contribution in [3.8, 4) is 22.6 Å². The van der Waals surface area contributed by atoms with Crippen LogP contribution in [0, 0.1) is 13.8 Å². The first-order valence-electron chi connectivity index (χ1n) is 17.7. The van der Waals surface area contributed by atoms with Gasteiger partial charge >= 0.3 is 0 Å². The van der Waals surface area contributed by atoms with E-state index in [4.69, 9.17) is 9.47 Å². The average molecular weight is 581 g/mol. The molecule has 0 saturated carbocycles. The van der Waals surface area contributed by atoms with Gasteiger partial charge < -0.3 is 9.47 Å². The van der Waals surface area contributed by atoms with E-state index in [2.05, 4.69) is 76.2 Å². The van der Waals surface area contributed by atoms with E-state index in [0.29, 0.717) is 0 Å². The maximum Gasteiger partial charge on any atom is 0.123 e. The van der Waals surface area contributed by atoms with Crippen LogP contribution in [0.3, 0.4) is 0 Å². The highest BCUT2D eigenvalue weighted by atomic mass is 16.5. The second-order valence-electron chi connectivity index (χ2n) is 13.5. The van der Waals surface area contributed by atoms with Crippen molar-refractivity contribution < 1.29 is 9.47 Å². The van der Waals surface area contributed by atoms with Gasteiger partial charge in [-0.2, -0.15) is 0 Å². The molecule has 0 N–H and O–H groups in total. The molecule has 0 saturated heterocycles. The highest BCUT2D eigenvalue weighted by Gasteiger charge is 2.46. The number of hydrogen-bond acceptors (Lipinski definition) is 2. The van der Waals surface area contributed by atoms with E-state index in [9.17, 15) is 0 Å². The van der Waals surface area contributed by atoms with Crippen LogP contribution in [0.4, 0.5) is 0 Å². The van der Waals surface area contributed by atoms with Gasteiger partial charge in [-0.05, 0) is 103 Å². The highest BCUT2D eigenvalue weighted by Crippen LogP contribution is 2.57. The van der Waals surface area contributed by atoms with Gasteiger partial charge in [-0.15, -0.1) is 0 Å². The summed E-state index contributed by atoms with van der Waals surface area (Å²) in [5.74, 6) is 1.95. The Hall–Kier alpha value is -2.74. The normalized spacial score (nSPS) is 16.7. The Morgan fingerprint density at radius 2 is 1.26 bits per heavy atom. The molecule has 2 aliphatic rings. The number of rotatable bonds is 18. The van der Waals surface area contributed by atoms with Crippen molar-refractivity contribution in [1.29, 1.82) is 0 Å². The molecule has 3 aromatic rings. The number of unbranched alkanes of at least 4 members (excludes halogenated alkanes) is 10. The van der Waals surface area contributed by atoms with Crippen LogP contribution in [0.5, 0.6) is 11.5 Å². The molecule has 0 radical (unpaired) electrons. The minimum Gasteiger partial charge on any atom is -0.493 e. The fourth-order valence-corrected chi connectivity index (χ4v) is 7.76. The van der Waals surface area contributed by atoms with E-state index in [-0.39, 0.29) is 5.41 Å². The third-order valence-corrected chi connectivity index (χ3v) is 10.0. The summed E-state index contributed by atoms with van der Waals surface area (Å²) in [5, 5.41) is 0. The second-order valence-corrected chi connectivity index (χ2v) is 13.5. The zero-order chi connectivity index (χ0) is 30.1. The lowest BCUT2D eigenvalue weighted by atomic mass is 9.65. The molecule has 1 atom stereocenters. The molecule has 2 heteroatoms. The van der Waals surface area contributed by atoms with Crippen molar-refractivity contribution >= 4 is 0 Å². The molecule has 0 heterocycles. The van der Waals surface area contributed by atoms with Crippen molar-refractivity contribution in [2.75, 3.05) is 13.2 Å². The predicted octanol–water partition coefficient (Wildman–Crippen LogP) is 11.6. The van der Waals surface area contributed by atoms with Crippen LogP contribution in [-0.2, 0) is 18.3 Å². The molecule has 1 unspecified atom stereocenters. The van der Waals surface area contributed by atoms with Gasteiger partial charge in [-0.25, -0.2) is 0 Å². The Bertz CT molecular complexity index is 1300. The molecule has 43 heavy (non-hydrogen) atoms. The maximum atomic E-state index is 6.43. The number of benzene rings is 3. The first-order chi connectivity index (χ1) is 21.1. The third kappa shape index (κ3) is 7.50. The summed E-state index contributed by atoms with van der Waals surface area (Å²) in [7, 11) is 0. The van der Waals surface area contributed by atoms with Gasteiger partial charge in [0.25, 0.3) is 0 Å². The van der Waals surface area contributed by atoms with Crippen LogP contribution < -0.4 is 9.47 Å². The lowest BCUT2D eigenvalue weighted by molar-refractivity contribution is 0.289. The van der Waals surface area contributed by atoms with Gasteiger partial charge in [0.05, 0.1) is 13.2 Å². The SMILES string of the molecule is CCCCCCCCOc1cc(CC23CCCc4c(C)ccc(c42)-c2ccc(C)cc23)cc(OCCCCCCCC)c1. The van der Waals surface area contributed by atoms with Crippen molar-refractivity contribution in [3.63, 3.8) is 0 Å². The number of hydrogen-bond donors (Lipinski definition) is 0. The Balaban J connectivity index is 1.39. The zero-order valence-electron chi connectivity index (χ0n) is 27.7. The summed E-state index contributed by atoms with van der Waals surface area (Å²) >= 11 is 0. The van der Waals surface area contributed by atoms with Crippen LogP contribution >= 0.6 is 0 Å². The molecule has 2 nitrogen and oxygen atoms in total. The van der Waals surface area contributed by atoms with Gasteiger partial charge in [0, 0.05) is 11.5 Å². The largest absolute Gasteiger partial charge is 0.493 e. The van der Waals surface area contributed by atoms with Gasteiger partial charge in [0.15, 0.2) is 0 Å². The topological polar surface area (TPSA) is 18.5 Å². The fraction of sp³-hybridized carbons (Fsp3) is 0.561. The molecule has 2 aliphatic carbocycles. The van der Waals surface area contributed by atoms with E-state index in [1.165, 1.54) is 117 Å². The first kappa shape index (κ1) is 31.7. The Kier molecular flexibility index (Phi) is 11.3. The third-order valence-electron chi connectivity index (χ3n) is 10.0. The molecular formula is C41H56O2. The summed E-state index contributed by atoms with van der Waals surface area (Å²) in [6.07, 6.45) is 19.9. The van der Waals surface area contributed by atoms with E-state index in [1.54, 1.807) is 11.1 Å². The lowest BCUT2D eigenvalue weighted by Crippen LogP contribution is -2.33. The van der Waals surface area contributed by atoms with Crippen molar-refractivity contribution in [1.82, 2.24) is 0 Å². The van der Waals surface area contributed by atoms with Crippen LogP contribution in [0.15, 0.2) is 48.5 Å². The fourth-order valence-electron chi connectivity index (χ4n) is 7.76. The van der Waals surface area contributed by atoms with Gasteiger partial charge in [-0.1, -0.05) is 114 Å². The predicted molar refractivity (Wildman–Crippen MR) is 183 cm³/mol. The van der Waals surface area contributed by atoms with Crippen LogP contribution in [0.25, 0.3) is 11.1 Å². The van der Waals surface area contributed by atoms with Gasteiger partial charge in [0.2, 0.25) is 0 Å². The molecule has 5 rings (SSSR count). The molecule has 0 aliphatic heterocycles. The van der Waals surface area contributed by atoms with E-state index in [0.717, 1.165) is 44.0 Å². The smallest absolute Gasteiger partial charge is 0.123 e. The maximum absolute atomic E-state index is 6.43. The minimum absolute atomic E-state index is 0.0186. The van der Waals surface area contributed by atoms with E-state index < -0.39 is 0 Å². The molecule has 0 fully saturated rings. The summed E-state index contributed by atoms with van der Waals surface area (Å²) in [4.78, 5) is 0. The lowest BCUT2D eigenvalue weighted by Gasteiger charge is -2.38. The first-order valence-corrected chi connectivity index (χ1v) is 17.7. The van der Waals surface area contributed by atoms with E-state index in [1.807, 2.05) is 0 Å². The van der Waals surface area contributed by atoms with Gasteiger partial charge in [-0.3, -0.25) is 0 Å². The van der Waals surface area contributed by atoms with Crippen molar-refractivity contribution in [3.05, 3.63) is 81.9 Å². The van der Waals surface area contributed by atoms with Crippen LogP contribution in [0.1, 0.15) is 137 Å². The van der Waals surface area contributed by atoms with Crippen LogP contribution in [0.2, 0.25) is 0 Å². The average Bonchev–Trinajstić information content (AvgIpc) is 3.27. The molecule has 0 bridgehead atoms. The number of ether oxygens (including phenoxy) is 2. The summed E-state index contributed by atoms with van der Waals surface area (Å²) in [6, 6.07) is 18.7. The molecule has 0 spiro atoms. The molecule has 232 valence electrons. The van der Waals surface area contributed by atoms with Crippen molar-refractivity contribution in [2.24, 2.45) is 0 Å². The Labute approximate surface area is 262 Å². The number of fused-ring (bicyclic) bond motifs is 3. The van der Waals surface area contributed by atoms with Crippen molar-refractivity contribution in [2.45, 2.75) is 136 Å². The van der Waals surface area contributed by atoms with Gasteiger partial charge in [0.1, 0.15) is 11.5 Å². The molecule has 3 aromatic carbocycles. The minimum atomic E-state index is 0.0186. The summed E-state index contributed by atoms with van der Waals surface area (Å²) < 4.78 is 12.9. The molecular weight excluding hydrogens is 524 g/mol. The Morgan fingerprint density at radius 1 is 0.651 bits per heavy atom. The molecule has 0 amide bonds. The summed E-state index contributed by atoms with van der Waals surface area (Å²) in [6.45, 7) is 10.7. The second kappa shape index (κ2) is 15.3. The number of aryl methyl sites for hydroxylation is 2. The molecule has 0 aromatic heterocycles. The highest BCUT2D eigenvalue weighted by molar-refractivity contribution is 5.84. The monoisotopic (exact) mass is 580 g/mol. The van der Waals surface area contributed by atoms with Crippen LogP contribution in [-0.4, -0.2) is 13.2 Å². The standard InChI is InChI=1S/C41H56O2/c1-5-7-9-11-13-15-24-42-34-27-33(28-35(29-34)43-25-16-14-12-10-8-6-2)30-41-23-17-18-36-32(4)20-22-38(40(36)41)37-21-19-31(3)26-39(37)41/h19-22,26-29H,5-18,23-25,30H2,1-4H3. The zero-order valence-corrected chi connectivity index (χ0v) is 27.7. The quantitative estimate of drug-likeness (QED) is 0.139. The summed E-state index contributed by atoms with van der Waals surface area (Å²) in [5.41, 5.74) is 11.8.